The normalized spacial score (nSPS) is 23.7. The molecule has 0 unspecified atom stereocenters. The summed E-state index contributed by atoms with van der Waals surface area (Å²) in [4.78, 5) is 43.4. The van der Waals surface area contributed by atoms with Crippen molar-refractivity contribution in [2.45, 2.75) is 89.1 Å². The van der Waals surface area contributed by atoms with Crippen LogP contribution in [-0.2, 0) is 15.7 Å². The summed E-state index contributed by atoms with van der Waals surface area (Å²) in [6.07, 6.45) is -2.97. The summed E-state index contributed by atoms with van der Waals surface area (Å²) in [7, 11) is 0. The van der Waals surface area contributed by atoms with Crippen LogP contribution in [0.4, 0.5) is 18.0 Å². The molecule has 0 bridgehead atoms. The average Bonchev–Trinajstić information content (AvgIpc) is 2.64. The fourth-order valence-electron chi connectivity index (χ4n) is 4.34. The van der Waals surface area contributed by atoms with E-state index in [0.717, 1.165) is 18.6 Å². The number of amides is 3. The summed E-state index contributed by atoms with van der Waals surface area (Å²) < 4.78 is 45.0. The van der Waals surface area contributed by atoms with Crippen LogP contribution in [0.1, 0.15) is 87.5 Å². The maximum Gasteiger partial charge on any atom is 0.433 e. The molecule has 2 atom stereocenters. The molecule has 1 saturated heterocycles. The van der Waals surface area contributed by atoms with E-state index in [-0.39, 0.29) is 36.6 Å². The van der Waals surface area contributed by atoms with Crippen molar-refractivity contribution >= 4 is 17.9 Å². The Morgan fingerprint density at radius 1 is 1.21 bits per heavy atom. The third-order valence-corrected chi connectivity index (χ3v) is 6.36. The molecule has 1 aromatic heterocycles. The average molecular weight is 485 g/mol. The monoisotopic (exact) mass is 484 g/mol. The van der Waals surface area contributed by atoms with E-state index in [4.69, 9.17) is 10.5 Å². The largest absolute Gasteiger partial charge is 0.444 e. The summed E-state index contributed by atoms with van der Waals surface area (Å²) in [6, 6.07) is 1.39. The number of carbonyl (C=O) groups is 3. The van der Waals surface area contributed by atoms with E-state index >= 15 is 0 Å². The number of nitrogens with two attached hydrogens (primary N) is 1. The minimum Gasteiger partial charge on any atom is -0.444 e. The molecule has 34 heavy (non-hydrogen) atoms. The smallest absolute Gasteiger partial charge is 0.433 e. The zero-order valence-corrected chi connectivity index (χ0v) is 19.8. The Hall–Kier alpha value is -2.85. The third kappa shape index (κ3) is 5.44. The van der Waals surface area contributed by atoms with Gasteiger partial charge in [-0.2, -0.15) is 13.2 Å². The second kappa shape index (κ2) is 9.07. The Morgan fingerprint density at radius 3 is 2.32 bits per heavy atom. The maximum atomic E-state index is 13.2. The molecule has 3 N–H and O–H groups in total. The van der Waals surface area contributed by atoms with Gasteiger partial charge in [0.05, 0.1) is 11.3 Å². The van der Waals surface area contributed by atoms with Crippen LogP contribution in [0, 0.1) is 0 Å². The van der Waals surface area contributed by atoms with Gasteiger partial charge in [-0.15, -0.1) is 0 Å². The number of nitrogens with zero attached hydrogens (tertiary/aromatic N) is 2. The lowest BCUT2D eigenvalue weighted by Gasteiger charge is -2.44. The minimum absolute atomic E-state index is 0.000509. The number of ether oxygens (including phenoxy) is 1. The Kier molecular flexibility index (Phi) is 6.87. The molecule has 1 aliphatic heterocycles. The van der Waals surface area contributed by atoms with Crippen LogP contribution in [0.2, 0.25) is 0 Å². The Labute approximate surface area is 196 Å². The van der Waals surface area contributed by atoms with Crippen molar-refractivity contribution in [1.29, 1.82) is 0 Å². The van der Waals surface area contributed by atoms with E-state index < -0.39 is 47.0 Å². The second-order valence-electron chi connectivity index (χ2n) is 10.1. The number of nitrogens with one attached hydrogen (secondary N) is 1. The van der Waals surface area contributed by atoms with Crippen LogP contribution in [0.15, 0.2) is 12.1 Å². The summed E-state index contributed by atoms with van der Waals surface area (Å²) in [5, 5.41) is 2.67. The maximum absolute atomic E-state index is 13.2. The van der Waals surface area contributed by atoms with Crippen molar-refractivity contribution in [2.75, 3.05) is 6.54 Å². The molecule has 0 spiro atoms. The van der Waals surface area contributed by atoms with Crippen molar-refractivity contribution < 1.29 is 32.3 Å². The molecule has 1 aliphatic carbocycles. The standard InChI is InChI=1S/C23H31F3N4O4/c1-13-12-22(19(27)32,10-11-30(13)20(33)34-21(2,3)4)29-18(31)15-8-9-16(23(24,25)26)28-17(15)14-6-5-7-14/h8-9,13-14H,5-7,10-12H2,1-4H3,(H2,27,32)(H,29,31)/t13-,22+/m0/s1. The second-order valence-corrected chi connectivity index (χ2v) is 10.1. The molecule has 2 aliphatic rings. The van der Waals surface area contributed by atoms with Gasteiger partial charge in [0.25, 0.3) is 5.91 Å². The zero-order chi connectivity index (χ0) is 25.5. The highest BCUT2D eigenvalue weighted by molar-refractivity contribution is 6.00. The van der Waals surface area contributed by atoms with Gasteiger partial charge in [0, 0.05) is 18.5 Å². The zero-order valence-electron chi connectivity index (χ0n) is 19.8. The van der Waals surface area contributed by atoms with Gasteiger partial charge in [0.15, 0.2) is 0 Å². The topological polar surface area (TPSA) is 115 Å². The van der Waals surface area contributed by atoms with Gasteiger partial charge in [-0.1, -0.05) is 6.42 Å². The molecule has 0 radical (unpaired) electrons. The van der Waals surface area contributed by atoms with E-state index in [2.05, 4.69) is 10.3 Å². The van der Waals surface area contributed by atoms with Gasteiger partial charge < -0.3 is 20.7 Å². The van der Waals surface area contributed by atoms with E-state index in [1.165, 1.54) is 4.90 Å². The van der Waals surface area contributed by atoms with Gasteiger partial charge in [-0.25, -0.2) is 9.78 Å². The third-order valence-electron chi connectivity index (χ3n) is 6.36. The SMILES string of the molecule is C[C@H]1C[C@@](NC(=O)c2ccc(C(F)(F)F)nc2C2CCC2)(C(N)=O)CCN1C(=O)OC(C)(C)C. The predicted octanol–water partition coefficient (Wildman–Crippen LogP) is 3.74. The molecular formula is C23H31F3N4O4. The van der Waals surface area contributed by atoms with E-state index in [0.29, 0.717) is 12.8 Å². The van der Waals surface area contributed by atoms with Crippen LogP contribution in [0.3, 0.4) is 0 Å². The first-order valence-electron chi connectivity index (χ1n) is 11.3. The minimum atomic E-state index is -4.63. The molecule has 8 nitrogen and oxygen atoms in total. The molecule has 2 fully saturated rings. The van der Waals surface area contributed by atoms with Crippen molar-refractivity contribution in [2.24, 2.45) is 5.73 Å². The summed E-state index contributed by atoms with van der Waals surface area (Å²) in [5.41, 5.74) is 2.54. The fraction of sp³-hybridized carbons (Fsp3) is 0.652. The number of alkyl halides is 3. The number of aromatic nitrogens is 1. The number of pyridine rings is 1. The molecule has 188 valence electrons. The number of rotatable bonds is 4. The molecular weight excluding hydrogens is 453 g/mol. The van der Waals surface area contributed by atoms with Crippen LogP contribution >= 0.6 is 0 Å². The highest BCUT2D eigenvalue weighted by Gasteiger charge is 2.46. The quantitative estimate of drug-likeness (QED) is 0.676. The number of primary amides is 1. The molecule has 1 aromatic rings. The lowest BCUT2D eigenvalue weighted by atomic mass is 9.80. The number of hydrogen-bond donors (Lipinski definition) is 2. The predicted molar refractivity (Wildman–Crippen MR) is 117 cm³/mol. The van der Waals surface area contributed by atoms with Gasteiger partial charge in [-0.05, 0) is 65.5 Å². The summed E-state index contributed by atoms with van der Waals surface area (Å²) in [6.45, 7) is 7.05. The molecule has 1 saturated carbocycles. The van der Waals surface area contributed by atoms with Gasteiger partial charge in [0.1, 0.15) is 16.8 Å². The van der Waals surface area contributed by atoms with Crippen LogP contribution in [-0.4, -0.2) is 51.5 Å². The lowest BCUT2D eigenvalue weighted by Crippen LogP contribution is -2.65. The van der Waals surface area contributed by atoms with Crippen molar-refractivity contribution in [1.82, 2.24) is 15.2 Å². The number of piperidine rings is 1. The van der Waals surface area contributed by atoms with Crippen LogP contribution in [0.25, 0.3) is 0 Å². The van der Waals surface area contributed by atoms with Crippen LogP contribution < -0.4 is 11.1 Å². The Morgan fingerprint density at radius 2 is 1.85 bits per heavy atom. The number of hydrogen-bond acceptors (Lipinski definition) is 5. The molecule has 3 amide bonds. The molecule has 2 heterocycles. The van der Waals surface area contributed by atoms with E-state index in [9.17, 15) is 27.6 Å². The number of carbonyl (C=O) groups excluding carboxylic acids is 3. The van der Waals surface area contributed by atoms with E-state index in [1.54, 1.807) is 27.7 Å². The van der Waals surface area contributed by atoms with Crippen molar-refractivity contribution in [3.63, 3.8) is 0 Å². The first-order valence-corrected chi connectivity index (χ1v) is 11.3. The lowest BCUT2D eigenvalue weighted by molar-refractivity contribution is -0.141. The molecule has 11 heteroatoms. The highest BCUT2D eigenvalue weighted by Crippen LogP contribution is 2.39. The summed E-state index contributed by atoms with van der Waals surface area (Å²) >= 11 is 0. The van der Waals surface area contributed by atoms with Gasteiger partial charge in [0.2, 0.25) is 5.91 Å². The van der Waals surface area contributed by atoms with Crippen molar-refractivity contribution in [3.05, 3.63) is 29.1 Å². The highest BCUT2D eigenvalue weighted by atomic mass is 19.4. The number of halogens is 3. The van der Waals surface area contributed by atoms with E-state index in [1.807, 2.05) is 0 Å². The fourth-order valence-corrected chi connectivity index (χ4v) is 4.34. The first-order chi connectivity index (χ1) is 15.6. The molecule has 0 aromatic carbocycles. The van der Waals surface area contributed by atoms with Gasteiger partial charge in [-0.3, -0.25) is 9.59 Å². The summed E-state index contributed by atoms with van der Waals surface area (Å²) in [5.74, 6) is -1.73. The van der Waals surface area contributed by atoms with Crippen LogP contribution in [0.5, 0.6) is 0 Å². The van der Waals surface area contributed by atoms with Crippen molar-refractivity contribution in [3.8, 4) is 0 Å². The number of likely N-dealkylation sites (tertiary alicyclic amines) is 1. The molecule has 3 rings (SSSR count). The Balaban J connectivity index is 1.84. The Bertz CT molecular complexity index is 972. The first kappa shape index (κ1) is 25.8. The van der Waals surface area contributed by atoms with Gasteiger partial charge >= 0.3 is 12.3 Å².